The molecule has 0 N–H and O–H groups in total. The summed E-state index contributed by atoms with van der Waals surface area (Å²) in [7, 11) is -3.96. The summed E-state index contributed by atoms with van der Waals surface area (Å²) in [6.45, 7) is 5.14. The van der Waals surface area contributed by atoms with Gasteiger partial charge in [-0.25, -0.2) is 12.8 Å². The third-order valence-corrected chi connectivity index (χ3v) is 7.84. The van der Waals surface area contributed by atoms with E-state index in [1.165, 1.54) is 22.5 Å². The summed E-state index contributed by atoms with van der Waals surface area (Å²) in [5.41, 5.74) is 2.67. The predicted octanol–water partition coefficient (Wildman–Crippen LogP) is 3.99. The summed E-state index contributed by atoms with van der Waals surface area (Å²) in [6, 6.07) is 20.3. The standard InChI is InChI=1S/C26H28FN3O3S/c1-20-12-13-21(2)25(18-20)30(34(32,33)22-8-4-3-5-9-22)19-26(31)29-16-14-28(15-17-29)24-11-7-6-10-23(24)27/h3-13,18H,14-17,19H2,1-2H3. The van der Waals surface area contributed by atoms with Crippen LogP contribution in [0.5, 0.6) is 0 Å². The quantitative estimate of drug-likeness (QED) is 0.534. The number of halogens is 1. The molecule has 0 aromatic heterocycles. The van der Waals surface area contributed by atoms with Crippen LogP contribution in [0.2, 0.25) is 0 Å². The van der Waals surface area contributed by atoms with Crippen LogP contribution in [0.3, 0.4) is 0 Å². The number of carbonyl (C=O) groups is 1. The molecular weight excluding hydrogens is 453 g/mol. The van der Waals surface area contributed by atoms with Crippen molar-refractivity contribution in [1.82, 2.24) is 4.90 Å². The number of sulfonamides is 1. The van der Waals surface area contributed by atoms with Gasteiger partial charge in [0.2, 0.25) is 5.91 Å². The van der Waals surface area contributed by atoms with Crippen LogP contribution < -0.4 is 9.21 Å². The molecule has 178 valence electrons. The lowest BCUT2D eigenvalue weighted by Gasteiger charge is -2.37. The van der Waals surface area contributed by atoms with Crippen molar-refractivity contribution in [2.45, 2.75) is 18.7 Å². The largest absolute Gasteiger partial charge is 0.366 e. The molecule has 1 amide bonds. The van der Waals surface area contributed by atoms with Crippen molar-refractivity contribution in [3.8, 4) is 0 Å². The average Bonchev–Trinajstić information content (AvgIpc) is 2.85. The van der Waals surface area contributed by atoms with Crippen molar-refractivity contribution in [1.29, 1.82) is 0 Å². The van der Waals surface area contributed by atoms with E-state index in [0.29, 0.717) is 37.6 Å². The summed E-state index contributed by atoms with van der Waals surface area (Å²) < 4.78 is 42.6. The van der Waals surface area contributed by atoms with E-state index in [-0.39, 0.29) is 23.2 Å². The van der Waals surface area contributed by atoms with Gasteiger partial charge in [-0.15, -0.1) is 0 Å². The first-order valence-corrected chi connectivity index (χ1v) is 12.6. The first kappa shape index (κ1) is 23.8. The van der Waals surface area contributed by atoms with Crippen LogP contribution in [0.25, 0.3) is 0 Å². The minimum Gasteiger partial charge on any atom is -0.366 e. The number of piperazine rings is 1. The van der Waals surface area contributed by atoms with Crippen molar-refractivity contribution in [2.24, 2.45) is 0 Å². The molecule has 1 aliphatic heterocycles. The molecule has 0 saturated carbocycles. The van der Waals surface area contributed by atoms with Crippen LogP contribution in [0, 0.1) is 19.7 Å². The normalized spacial score (nSPS) is 14.2. The summed E-state index contributed by atoms with van der Waals surface area (Å²) in [5, 5.41) is 0. The van der Waals surface area contributed by atoms with Crippen molar-refractivity contribution < 1.29 is 17.6 Å². The van der Waals surface area contributed by atoms with Crippen molar-refractivity contribution in [3.63, 3.8) is 0 Å². The highest BCUT2D eigenvalue weighted by atomic mass is 32.2. The van der Waals surface area contributed by atoms with Gasteiger partial charge >= 0.3 is 0 Å². The molecule has 0 atom stereocenters. The zero-order chi connectivity index (χ0) is 24.3. The molecule has 0 radical (unpaired) electrons. The third-order valence-electron chi connectivity index (χ3n) is 6.07. The zero-order valence-corrected chi connectivity index (χ0v) is 20.1. The molecule has 6 nitrogen and oxygen atoms in total. The topological polar surface area (TPSA) is 60.9 Å². The van der Waals surface area contributed by atoms with E-state index in [1.807, 2.05) is 30.9 Å². The van der Waals surface area contributed by atoms with Gasteiger partial charge < -0.3 is 9.80 Å². The Morgan fingerprint density at radius 2 is 1.56 bits per heavy atom. The SMILES string of the molecule is Cc1ccc(C)c(N(CC(=O)N2CCN(c3ccccc3F)CC2)S(=O)(=O)c2ccccc2)c1. The fourth-order valence-corrected chi connectivity index (χ4v) is 5.63. The van der Waals surface area contributed by atoms with Gasteiger partial charge in [-0.1, -0.05) is 42.5 Å². The highest BCUT2D eigenvalue weighted by Crippen LogP contribution is 2.28. The molecule has 4 rings (SSSR count). The average molecular weight is 482 g/mol. The smallest absolute Gasteiger partial charge is 0.264 e. The molecule has 0 unspecified atom stereocenters. The lowest BCUT2D eigenvalue weighted by molar-refractivity contribution is -0.129. The Morgan fingerprint density at radius 1 is 0.912 bits per heavy atom. The Morgan fingerprint density at radius 3 is 2.24 bits per heavy atom. The van der Waals surface area contributed by atoms with Crippen LogP contribution in [0.15, 0.2) is 77.7 Å². The number of nitrogens with zero attached hydrogens (tertiary/aromatic N) is 3. The van der Waals surface area contributed by atoms with E-state index in [0.717, 1.165) is 11.1 Å². The molecule has 3 aromatic carbocycles. The van der Waals surface area contributed by atoms with Gasteiger partial charge in [0, 0.05) is 26.2 Å². The second-order valence-electron chi connectivity index (χ2n) is 8.43. The van der Waals surface area contributed by atoms with E-state index in [1.54, 1.807) is 47.4 Å². The van der Waals surface area contributed by atoms with Crippen molar-refractivity contribution in [2.75, 3.05) is 41.9 Å². The molecule has 1 heterocycles. The summed E-state index contributed by atoms with van der Waals surface area (Å²) >= 11 is 0. The fourth-order valence-electron chi connectivity index (χ4n) is 4.14. The second kappa shape index (κ2) is 9.85. The number of amides is 1. The summed E-state index contributed by atoms with van der Waals surface area (Å²) in [5.74, 6) is -0.578. The molecule has 1 aliphatic rings. The summed E-state index contributed by atoms with van der Waals surface area (Å²) in [6.07, 6.45) is 0. The Bertz CT molecular complexity index is 1270. The molecule has 0 aliphatic carbocycles. The monoisotopic (exact) mass is 481 g/mol. The lowest BCUT2D eigenvalue weighted by atomic mass is 10.1. The molecule has 0 bridgehead atoms. The Kier molecular flexibility index (Phi) is 6.88. The van der Waals surface area contributed by atoms with Crippen LogP contribution in [-0.4, -0.2) is 51.9 Å². The molecule has 1 saturated heterocycles. The van der Waals surface area contributed by atoms with Gasteiger partial charge in [-0.05, 0) is 55.3 Å². The molecule has 34 heavy (non-hydrogen) atoms. The number of rotatable bonds is 6. The lowest BCUT2D eigenvalue weighted by Crippen LogP contribution is -2.52. The first-order chi connectivity index (χ1) is 16.3. The minimum absolute atomic E-state index is 0.132. The first-order valence-electron chi connectivity index (χ1n) is 11.2. The fraction of sp³-hybridized carbons (Fsp3) is 0.269. The molecule has 3 aromatic rings. The van der Waals surface area contributed by atoms with Gasteiger partial charge in [-0.2, -0.15) is 0 Å². The summed E-state index contributed by atoms with van der Waals surface area (Å²) in [4.78, 5) is 17.0. The molecule has 0 spiro atoms. The van der Waals surface area contributed by atoms with Crippen LogP contribution in [0.4, 0.5) is 15.8 Å². The maximum atomic E-state index is 14.2. The van der Waals surface area contributed by atoms with Gasteiger partial charge in [0.15, 0.2) is 0 Å². The highest BCUT2D eigenvalue weighted by Gasteiger charge is 2.31. The van der Waals surface area contributed by atoms with Gasteiger partial charge in [-0.3, -0.25) is 9.10 Å². The number of anilines is 2. The number of hydrogen-bond donors (Lipinski definition) is 0. The minimum atomic E-state index is -3.96. The van der Waals surface area contributed by atoms with Crippen molar-refractivity contribution >= 4 is 27.3 Å². The maximum Gasteiger partial charge on any atom is 0.264 e. The van der Waals surface area contributed by atoms with Gasteiger partial charge in [0.05, 0.1) is 16.3 Å². The third kappa shape index (κ3) is 4.92. The van der Waals surface area contributed by atoms with Gasteiger partial charge in [0.1, 0.15) is 12.4 Å². The Hall–Kier alpha value is -3.39. The van der Waals surface area contributed by atoms with E-state index < -0.39 is 10.0 Å². The predicted molar refractivity (Wildman–Crippen MR) is 132 cm³/mol. The van der Waals surface area contributed by atoms with Crippen molar-refractivity contribution in [3.05, 3.63) is 89.7 Å². The van der Waals surface area contributed by atoms with Crippen LogP contribution in [-0.2, 0) is 14.8 Å². The van der Waals surface area contributed by atoms with Crippen LogP contribution in [0.1, 0.15) is 11.1 Å². The second-order valence-corrected chi connectivity index (χ2v) is 10.3. The number of hydrogen-bond acceptors (Lipinski definition) is 4. The maximum absolute atomic E-state index is 14.2. The van der Waals surface area contributed by atoms with Gasteiger partial charge in [0.25, 0.3) is 10.0 Å². The van der Waals surface area contributed by atoms with Crippen LogP contribution >= 0.6 is 0 Å². The highest BCUT2D eigenvalue weighted by molar-refractivity contribution is 7.92. The Labute approximate surface area is 200 Å². The Balaban J connectivity index is 1.57. The van der Waals surface area contributed by atoms with E-state index in [2.05, 4.69) is 0 Å². The van der Waals surface area contributed by atoms with E-state index >= 15 is 0 Å². The number of carbonyl (C=O) groups excluding carboxylic acids is 1. The van der Waals surface area contributed by atoms with E-state index in [9.17, 15) is 17.6 Å². The number of para-hydroxylation sites is 1. The molecule has 8 heteroatoms. The van der Waals surface area contributed by atoms with E-state index in [4.69, 9.17) is 0 Å². The molecular formula is C26H28FN3O3S. The molecule has 1 fully saturated rings. The number of aryl methyl sites for hydroxylation is 2. The zero-order valence-electron chi connectivity index (χ0n) is 19.3. The number of benzene rings is 3.